The Morgan fingerprint density at radius 3 is 2.73 bits per heavy atom. The molecule has 0 fully saturated rings. The fraction of sp³-hybridized carbons (Fsp3) is 0.455. The molecule has 0 aliphatic carbocycles. The van der Waals surface area contributed by atoms with Gasteiger partial charge in [-0.15, -0.1) is 0 Å². The molecule has 0 radical (unpaired) electrons. The molecule has 4 heteroatoms. The summed E-state index contributed by atoms with van der Waals surface area (Å²) in [5, 5.41) is 0. The molecule has 0 aliphatic rings. The monoisotopic (exact) mass is 324 g/mol. The van der Waals surface area contributed by atoms with E-state index in [0.29, 0.717) is 15.9 Å². The zero-order valence-corrected chi connectivity index (χ0v) is 11.0. The molecule has 0 unspecified atom stereocenters. The number of unbranched alkanes of at least 4 members (excludes halogenated alkanes) is 1. The van der Waals surface area contributed by atoms with E-state index in [-0.39, 0.29) is 11.6 Å². The van der Waals surface area contributed by atoms with Gasteiger partial charge in [-0.05, 0) is 41.1 Å². The maximum absolute atomic E-state index is 13.7. The van der Waals surface area contributed by atoms with Gasteiger partial charge in [0.2, 0.25) is 0 Å². The molecule has 0 aliphatic heterocycles. The van der Waals surface area contributed by atoms with Gasteiger partial charge in [0, 0.05) is 0 Å². The lowest BCUT2D eigenvalue weighted by atomic mass is 10.3. The SMILES string of the molecule is CCCCOc1c(OC)ccc(I)c1F. The topological polar surface area (TPSA) is 18.5 Å². The molecule has 84 valence electrons. The highest BCUT2D eigenvalue weighted by atomic mass is 127. The Bertz CT molecular complexity index is 329. The normalized spacial score (nSPS) is 10.1. The van der Waals surface area contributed by atoms with E-state index in [2.05, 4.69) is 6.92 Å². The molecular formula is C11H14FIO2. The molecule has 0 spiro atoms. The first-order chi connectivity index (χ1) is 7.20. The van der Waals surface area contributed by atoms with E-state index in [1.54, 1.807) is 12.1 Å². The third-order valence-electron chi connectivity index (χ3n) is 1.98. The van der Waals surface area contributed by atoms with Crippen LogP contribution in [0.3, 0.4) is 0 Å². The molecule has 0 amide bonds. The van der Waals surface area contributed by atoms with Crippen LogP contribution in [0.1, 0.15) is 19.8 Å². The zero-order valence-electron chi connectivity index (χ0n) is 8.85. The van der Waals surface area contributed by atoms with Crippen molar-refractivity contribution in [2.24, 2.45) is 0 Å². The highest BCUT2D eigenvalue weighted by molar-refractivity contribution is 14.1. The molecular weight excluding hydrogens is 310 g/mol. The minimum Gasteiger partial charge on any atom is -0.493 e. The van der Waals surface area contributed by atoms with E-state index in [9.17, 15) is 4.39 Å². The summed E-state index contributed by atoms with van der Waals surface area (Å²) in [7, 11) is 1.51. The molecule has 0 saturated heterocycles. The van der Waals surface area contributed by atoms with Gasteiger partial charge in [0.05, 0.1) is 17.3 Å². The molecule has 1 aromatic rings. The summed E-state index contributed by atoms with van der Waals surface area (Å²) in [5.74, 6) is 0.327. The van der Waals surface area contributed by atoms with Crippen molar-refractivity contribution >= 4 is 22.6 Å². The Morgan fingerprint density at radius 1 is 1.40 bits per heavy atom. The maximum Gasteiger partial charge on any atom is 0.198 e. The maximum atomic E-state index is 13.7. The molecule has 15 heavy (non-hydrogen) atoms. The quantitative estimate of drug-likeness (QED) is 0.608. The average molecular weight is 324 g/mol. The van der Waals surface area contributed by atoms with Crippen molar-refractivity contribution in [2.45, 2.75) is 19.8 Å². The van der Waals surface area contributed by atoms with Crippen LogP contribution in [0.4, 0.5) is 4.39 Å². The van der Waals surface area contributed by atoms with Gasteiger partial charge in [-0.1, -0.05) is 13.3 Å². The first kappa shape index (κ1) is 12.5. The standard InChI is InChI=1S/C11H14FIO2/c1-3-4-7-15-11-9(14-2)6-5-8(13)10(11)12/h5-6H,3-4,7H2,1-2H3. The lowest BCUT2D eigenvalue weighted by Gasteiger charge is -2.11. The van der Waals surface area contributed by atoms with Gasteiger partial charge in [-0.3, -0.25) is 0 Å². The van der Waals surface area contributed by atoms with Crippen LogP contribution in [0.25, 0.3) is 0 Å². The summed E-state index contributed by atoms with van der Waals surface area (Å²) in [6, 6.07) is 3.38. The predicted octanol–water partition coefficient (Wildman–Crippen LogP) is 3.62. The van der Waals surface area contributed by atoms with Crippen LogP contribution in [0, 0.1) is 9.39 Å². The van der Waals surface area contributed by atoms with Gasteiger partial charge in [0.15, 0.2) is 17.3 Å². The highest BCUT2D eigenvalue weighted by Crippen LogP contribution is 2.32. The summed E-state index contributed by atoms with van der Waals surface area (Å²) >= 11 is 1.93. The Balaban J connectivity index is 2.86. The summed E-state index contributed by atoms with van der Waals surface area (Å²) in [6.45, 7) is 2.58. The van der Waals surface area contributed by atoms with Crippen LogP contribution < -0.4 is 9.47 Å². The molecule has 0 atom stereocenters. The number of hydrogen-bond acceptors (Lipinski definition) is 2. The van der Waals surface area contributed by atoms with Crippen LogP contribution in [0.5, 0.6) is 11.5 Å². The van der Waals surface area contributed by atoms with E-state index >= 15 is 0 Å². The van der Waals surface area contributed by atoms with E-state index in [4.69, 9.17) is 9.47 Å². The largest absolute Gasteiger partial charge is 0.493 e. The molecule has 2 nitrogen and oxygen atoms in total. The Morgan fingerprint density at radius 2 is 2.13 bits per heavy atom. The summed E-state index contributed by atoms with van der Waals surface area (Å²) < 4.78 is 24.6. The number of halogens is 2. The fourth-order valence-corrected chi connectivity index (χ4v) is 1.55. The number of methoxy groups -OCH3 is 1. The van der Waals surface area contributed by atoms with Crippen LogP contribution >= 0.6 is 22.6 Å². The van der Waals surface area contributed by atoms with Gasteiger partial charge in [0.25, 0.3) is 0 Å². The van der Waals surface area contributed by atoms with Gasteiger partial charge in [0.1, 0.15) is 0 Å². The third kappa shape index (κ3) is 3.22. The molecule has 0 bridgehead atoms. The average Bonchev–Trinajstić information content (AvgIpc) is 2.25. The summed E-state index contributed by atoms with van der Waals surface area (Å²) in [4.78, 5) is 0. The number of ether oxygens (including phenoxy) is 2. The Labute approximate surface area is 103 Å². The van der Waals surface area contributed by atoms with Gasteiger partial charge < -0.3 is 9.47 Å². The van der Waals surface area contributed by atoms with E-state index < -0.39 is 0 Å². The Hall–Kier alpha value is -0.520. The van der Waals surface area contributed by atoms with Gasteiger partial charge >= 0.3 is 0 Å². The zero-order chi connectivity index (χ0) is 11.3. The van der Waals surface area contributed by atoms with Crippen molar-refractivity contribution in [1.29, 1.82) is 0 Å². The Kier molecular flexibility index (Phi) is 5.14. The van der Waals surface area contributed by atoms with Crippen molar-refractivity contribution in [1.82, 2.24) is 0 Å². The minimum atomic E-state index is -0.342. The van der Waals surface area contributed by atoms with E-state index in [1.807, 2.05) is 22.6 Å². The number of rotatable bonds is 5. The van der Waals surface area contributed by atoms with Crippen molar-refractivity contribution in [3.05, 3.63) is 21.5 Å². The van der Waals surface area contributed by atoms with Crippen molar-refractivity contribution < 1.29 is 13.9 Å². The van der Waals surface area contributed by atoms with Crippen LogP contribution in [0.2, 0.25) is 0 Å². The number of hydrogen-bond donors (Lipinski definition) is 0. The van der Waals surface area contributed by atoms with Crippen molar-refractivity contribution in [3.63, 3.8) is 0 Å². The summed E-state index contributed by atoms with van der Waals surface area (Å²) in [6.07, 6.45) is 1.93. The molecule has 0 N–H and O–H groups in total. The fourth-order valence-electron chi connectivity index (χ4n) is 1.13. The molecule has 1 rings (SSSR count). The lowest BCUT2D eigenvalue weighted by molar-refractivity contribution is 0.273. The van der Waals surface area contributed by atoms with E-state index in [1.165, 1.54) is 7.11 Å². The summed E-state index contributed by atoms with van der Waals surface area (Å²) in [5.41, 5.74) is 0. The second kappa shape index (κ2) is 6.15. The van der Waals surface area contributed by atoms with Crippen LogP contribution in [-0.2, 0) is 0 Å². The van der Waals surface area contributed by atoms with Gasteiger partial charge in [-0.2, -0.15) is 0 Å². The lowest BCUT2D eigenvalue weighted by Crippen LogP contribution is -2.02. The van der Waals surface area contributed by atoms with E-state index in [0.717, 1.165) is 12.8 Å². The second-order valence-electron chi connectivity index (χ2n) is 3.09. The first-order valence-electron chi connectivity index (χ1n) is 4.85. The number of benzene rings is 1. The predicted molar refractivity (Wildman–Crippen MR) is 66.1 cm³/mol. The molecule has 0 aromatic heterocycles. The third-order valence-corrected chi connectivity index (χ3v) is 2.81. The molecule has 0 heterocycles. The molecule has 1 aromatic carbocycles. The molecule has 0 saturated carbocycles. The minimum absolute atomic E-state index is 0.220. The van der Waals surface area contributed by atoms with Crippen LogP contribution in [-0.4, -0.2) is 13.7 Å². The van der Waals surface area contributed by atoms with Crippen molar-refractivity contribution in [2.75, 3.05) is 13.7 Å². The smallest absolute Gasteiger partial charge is 0.198 e. The van der Waals surface area contributed by atoms with Crippen molar-refractivity contribution in [3.8, 4) is 11.5 Å². The highest BCUT2D eigenvalue weighted by Gasteiger charge is 2.13. The first-order valence-corrected chi connectivity index (χ1v) is 5.93. The van der Waals surface area contributed by atoms with Crippen LogP contribution in [0.15, 0.2) is 12.1 Å². The second-order valence-corrected chi connectivity index (χ2v) is 4.26. The van der Waals surface area contributed by atoms with Gasteiger partial charge in [-0.25, -0.2) is 4.39 Å².